The standard InChI is InChI=1S/C16H17FN2O2S2/c17-13-3-1-2-12-11(13)4-5-14(12)19-7-6-15-10(9-19)8-16(22-15)23(18,20)21/h1-3,8,14H,4-7,9H2,(H2,18,20,21). The number of primary sulfonamides is 1. The second-order valence-electron chi connectivity index (χ2n) is 6.14. The predicted octanol–water partition coefficient (Wildman–Crippen LogP) is 2.58. The summed E-state index contributed by atoms with van der Waals surface area (Å²) in [6, 6.07) is 7.21. The van der Waals surface area contributed by atoms with Crippen molar-refractivity contribution in [1.29, 1.82) is 0 Å². The van der Waals surface area contributed by atoms with Crippen molar-refractivity contribution in [2.24, 2.45) is 5.14 Å². The summed E-state index contributed by atoms with van der Waals surface area (Å²) in [5.74, 6) is -0.116. The van der Waals surface area contributed by atoms with Gasteiger partial charge in [-0.15, -0.1) is 11.3 Å². The third-order valence-electron chi connectivity index (χ3n) is 4.78. The molecular weight excluding hydrogens is 335 g/mol. The second-order valence-corrected chi connectivity index (χ2v) is 9.07. The highest BCUT2D eigenvalue weighted by Gasteiger charge is 2.32. The van der Waals surface area contributed by atoms with Crippen LogP contribution in [0.5, 0.6) is 0 Å². The molecule has 23 heavy (non-hydrogen) atoms. The largest absolute Gasteiger partial charge is 0.292 e. The molecule has 1 aliphatic carbocycles. The molecule has 4 nitrogen and oxygen atoms in total. The lowest BCUT2D eigenvalue weighted by Gasteiger charge is -2.32. The van der Waals surface area contributed by atoms with Gasteiger partial charge in [0.2, 0.25) is 10.0 Å². The highest BCUT2D eigenvalue weighted by Crippen LogP contribution is 2.40. The van der Waals surface area contributed by atoms with Crippen molar-refractivity contribution < 1.29 is 12.8 Å². The van der Waals surface area contributed by atoms with Crippen LogP contribution in [0.2, 0.25) is 0 Å². The lowest BCUT2D eigenvalue weighted by atomic mass is 10.0. The Labute approximate surface area is 138 Å². The minimum atomic E-state index is -3.64. The van der Waals surface area contributed by atoms with Crippen LogP contribution in [0.3, 0.4) is 0 Å². The van der Waals surface area contributed by atoms with Gasteiger partial charge in [0, 0.05) is 24.0 Å². The zero-order valence-electron chi connectivity index (χ0n) is 12.5. The quantitative estimate of drug-likeness (QED) is 0.903. The highest BCUT2D eigenvalue weighted by molar-refractivity contribution is 7.91. The summed E-state index contributed by atoms with van der Waals surface area (Å²) >= 11 is 1.28. The molecule has 2 N–H and O–H groups in total. The summed E-state index contributed by atoms with van der Waals surface area (Å²) < 4.78 is 37.2. The first-order chi connectivity index (χ1) is 10.9. The number of hydrogen-bond acceptors (Lipinski definition) is 4. The predicted molar refractivity (Wildman–Crippen MR) is 87.3 cm³/mol. The molecule has 0 saturated heterocycles. The van der Waals surface area contributed by atoms with Crippen molar-refractivity contribution in [2.45, 2.75) is 36.1 Å². The van der Waals surface area contributed by atoms with Crippen LogP contribution in [0.25, 0.3) is 0 Å². The van der Waals surface area contributed by atoms with Crippen LogP contribution in [-0.4, -0.2) is 19.9 Å². The maximum Gasteiger partial charge on any atom is 0.247 e. The number of hydrogen-bond donors (Lipinski definition) is 1. The Morgan fingerprint density at radius 3 is 2.91 bits per heavy atom. The lowest BCUT2D eigenvalue weighted by Crippen LogP contribution is -2.32. The molecule has 2 aromatic rings. The zero-order valence-corrected chi connectivity index (χ0v) is 14.1. The summed E-state index contributed by atoms with van der Waals surface area (Å²) in [5.41, 5.74) is 2.95. The maximum atomic E-state index is 13.9. The Bertz CT molecular complexity index is 876. The molecule has 0 bridgehead atoms. The zero-order chi connectivity index (χ0) is 16.2. The van der Waals surface area contributed by atoms with Crippen molar-refractivity contribution >= 4 is 21.4 Å². The maximum absolute atomic E-state index is 13.9. The molecule has 0 amide bonds. The van der Waals surface area contributed by atoms with Crippen molar-refractivity contribution in [3.05, 3.63) is 51.7 Å². The van der Waals surface area contributed by atoms with Crippen LogP contribution in [-0.2, 0) is 29.4 Å². The molecule has 0 saturated carbocycles. The normalized spacial score (nSPS) is 21.2. The average molecular weight is 352 g/mol. The fourth-order valence-corrected chi connectivity index (χ4v) is 5.67. The van der Waals surface area contributed by atoms with Gasteiger partial charge in [0.15, 0.2) is 0 Å². The molecule has 0 radical (unpaired) electrons. The van der Waals surface area contributed by atoms with Crippen molar-refractivity contribution in [3.63, 3.8) is 0 Å². The molecule has 2 aliphatic rings. The number of halogens is 1. The number of sulfonamides is 1. The van der Waals surface area contributed by atoms with Gasteiger partial charge in [0.05, 0.1) is 0 Å². The van der Waals surface area contributed by atoms with Gasteiger partial charge >= 0.3 is 0 Å². The first kappa shape index (κ1) is 15.3. The number of benzene rings is 1. The topological polar surface area (TPSA) is 63.4 Å². The minimum Gasteiger partial charge on any atom is -0.292 e. The smallest absolute Gasteiger partial charge is 0.247 e. The van der Waals surface area contributed by atoms with Crippen LogP contribution in [0.1, 0.15) is 34.0 Å². The summed E-state index contributed by atoms with van der Waals surface area (Å²) in [7, 11) is -3.64. The molecule has 122 valence electrons. The molecule has 1 aromatic carbocycles. The number of nitrogens with two attached hydrogens (primary N) is 1. The third kappa shape index (κ3) is 2.61. The Kier molecular flexibility index (Phi) is 3.57. The molecule has 1 aliphatic heterocycles. The van der Waals surface area contributed by atoms with Crippen LogP contribution in [0.15, 0.2) is 28.5 Å². The van der Waals surface area contributed by atoms with Gasteiger partial charge in [-0.2, -0.15) is 0 Å². The van der Waals surface area contributed by atoms with Crippen molar-refractivity contribution in [2.75, 3.05) is 6.54 Å². The van der Waals surface area contributed by atoms with Crippen molar-refractivity contribution in [3.8, 4) is 0 Å². The summed E-state index contributed by atoms with van der Waals surface area (Å²) in [6.07, 6.45) is 2.50. The SMILES string of the molecule is NS(=O)(=O)c1cc2c(s1)CCN(C1CCc3c(F)cccc31)C2. The Hall–Kier alpha value is -1.28. The lowest BCUT2D eigenvalue weighted by molar-refractivity contribution is 0.180. The minimum absolute atomic E-state index is 0.116. The molecule has 0 spiro atoms. The van der Waals surface area contributed by atoms with E-state index in [4.69, 9.17) is 5.14 Å². The summed E-state index contributed by atoms with van der Waals surface area (Å²) in [5, 5.41) is 5.23. The third-order valence-corrected chi connectivity index (χ3v) is 7.43. The van der Waals surface area contributed by atoms with E-state index in [2.05, 4.69) is 4.90 Å². The molecular formula is C16H17FN2O2S2. The second kappa shape index (κ2) is 5.37. The van der Waals surface area contributed by atoms with Crippen LogP contribution < -0.4 is 5.14 Å². The van der Waals surface area contributed by atoms with Gasteiger partial charge in [-0.1, -0.05) is 12.1 Å². The Morgan fingerprint density at radius 1 is 1.30 bits per heavy atom. The van der Waals surface area contributed by atoms with Crippen LogP contribution in [0, 0.1) is 5.82 Å². The van der Waals surface area contributed by atoms with Gasteiger partial charge in [-0.3, -0.25) is 4.90 Å². The van der Waals surface area contributed by atoms with E-state index < -0.39 is 10.0 Å². The van der Waals surface area contributed by atoms with Gasteiger partial charge in [0.1, 0.15) is 10.0 Å². The van der Waals surface area contributed by atoms with Gasteiger partial charge < -0.3 is 0 Å². The summed E-state index contributed by atoms with van der Waals surface area (Å²) in [6.45, 7) is 1.56. The Balaban J connectivity index is 1.63. The van der Waals surface area contributed by atoms with E-state index in [0.717, 1.165) is 47.4 Å². The van der Waals surface area contributed by atoms with E-state index in [1.807, 2.05) is 6.07 Å². The fourth-order valence-electron chi connectivity index (χ4n) is 3.70. The van der Waals surface area contributed by atoms with E-state index in [1.54, 1.807) is 12.1 Å². The van der Waals surface area contributed by atoms with E-state index in [9.17, 15) is 12.8 Å². The number of thiophene rings is 1. The summed E-state index contributed by atoms with van der Waals surface area (Å²) in [4.78, 5) is 3.43. The highest BCUT2D eigenvalue weighted by atomic mass is 32.2. The first-order valence-corrected chi connectivity index (χ1v) is 9.95. The van der Waals surface area contributed by atoms with Gasteiger partial charge in [-0.25, -0.2) is 17.9 Å². The Morgan fingerprint density at radius 2 is 2.13 bits per heavy atom. The van der Waals surface area contributed by atoms with Gasteiger partial charge in [-0.05, 0) is 48.1 Å². The van der Waals surface area contributed by atoms with E-state index in [1.165, 1.54) is 17.4 Å². The average Bonchev–Trinajstić information content (AvgIpc) is 3.10. The number of rotatable bonds is 2. The van der Waals surface area contributed by atoms with Crippen LogP contribution >= 0.6 is 11.3 Å². The molecule has 7 heteroatoms. The monoisotopic (exact) mass is 352 g/mol. The fraction of sp³-hybridized carbons (Fsp3) is 0.375. The van der Waals surface area contributed by atoms with E-state index in [-0.39, 0.29) is 16.1 Å². The molecule has 0 fully saturated rings. The molecule has 1 unspecified atom stereocenters. The number of nitrogens with zero attached hydrogens (tertiary/aromatic N) is 1. The first-order valence-electron chi connectivity index (χ1n) is 7.59. The molecule has 4 rings (SSSR count). The van der Waals surface area contributed by atoms with E-state index >= 15 is 0 Å². The molecule has 1 aromatic heterocycles. The number of fused-ring (bicyclic) bond motifs is 2. The molecule has 2 heterocycles. The molecule has 1 atom stereocenters. The van der Waals surface area contributed by atoms with Gasteiger partial charge in [0.25, 0.3) is 0 Å². The van der Waals surface area contributed by atoms with E-state index in [0.29, 0.717) is 6.54 Å². The van der Waals surface area contributed by atoms with Crippen molar-refractivity contribution in [1.82, 2.24) is 4.90 Å². The van der Waals surface area contributed by atoms with Crippen LogP contribution in [0.4, 0.5) is 4.39 Å².